The summed E-state index contributed by atoms with van der Waals surface area (Å²) < 4.78 is 1.25. The Hall–Kier alpha value is -2.83. The first kappa shape index (κ1) is 11.3. The van der Waals surface area contributed by atoms with Crippen molar-refractivity contribution in [2.45, 2.75) is 6.54 Å². The van der Waals surface area contributed by atoms with Crippen LogP contribution in [0.5, 0.6) is 0 Å². The number of pyridine rings is 1. The van der Waals surface area contributed by atoms with Gasteiger partial charge in [0.2, 0.25) is 0 Å². The number of carbonyl (C=O) groups is 1. The van der Waals surface area contributed by atoms with Crippen LogP contribution in [0.3, 0.4) is 0 Å². The quantitative estimate of drug-likeness (QED) is 0.749. The summed E-state index contributed by atoms with van der Waals surface area (Å²) in [7, 11) is 0. The summed E-state index contributed by atoms with van der Waals surface area (Å²) in [5.41, 5.74) is 1.57. The first-order valence-electron chi connectivity index (χ1n) is 5.58. The number of hydrogen-bond acceptors (Lipinski definition) is 5. The van der Waals surface area contributed by atoms with Gasteiger partial charge in [0.05, 0.1) is 5.52 Å². The SMILES string of the molecule is O=C(O)Cn1nnnc1-c1ccnc2ccccc12. The van der Waals surface area contributed by atoms with Crippen molar-refractivity contribution < 1.29 is 9.90 Å². The Morgan fingerprint density at radius 1 is 1.26 bits per heavy atom. The van der Waals surface area contributed by atoms with Gasteiger partial charge in [-0.05, 0) is 22.6 Å². The van der Waals surface area contributed by atoms with Crippen LogP contribution in [0.15, 0.2) is 36.5 Å². The highest BCUT2D eigenvalue weighted by molar-refractivity contribution is 5.92. The minimum Gasteiger partial charge on any atom is -0.480 e. The second-order valence-corrected chi connectivity index (χ2v) is 3.93. The van der Waals surface area contributed by atoms with Gasteiger partial charge in [0, 0.05) is 17.1 Å². The number of carboxylic acids is 1. The van der Waals surface area contributed by atoms with Crippen LogP contribution in [-0.2, 0) is 11.3 Å². The molecule has 0 aliphatic rings. The zero-order valence-electron chi connectivity index (χ0n) is 9.76. The molecule has 0 atom stereocenters. The van der Waals surface area contributed by atoms with Crippen LogP contribution in [-0.4, -0.2) is 36.3 Å². The lowest BCUT2D eigenvalue weighted by Crippen LogP contribution is -2.11. The molecule has 94 valence electrons. The van der Waals surface area contributed by atoms with Crippen LogP contribution in [0.2, 0.25) is 0 Å². The molecule has 2 aromatic heterocycles. The maximum Gasteiger partial charge on any atom is 0.325 e. The number of carboxylic acid groups (broad SMARTS) is 1. The third kappa shape index (κ3) is 2.01. The van der Waals surface area contributed by atoms with Crippen molar-refractivity contribution in [1.29, 1.82) is 0 Å². The Kier molecular flexibility index (Phi) is 2.64. The Morgan fingerprint density at radius 3 is 2.95 bits per heavy atom. The summed E-state index contributed by atoms with van der Waals surface area (Å²) in [6, 6.07) is 9.33. The number of benzene rings is 1. The Bertz CT molecular complexity index is 747. The lowest BCUT2D eigenvalue weighted by atomic mass is 10.1. The van der Waals surface area contributed by atoms with E-state index in [4.69, 9.17) is 5.11 Å². The molecule has 0 saturated heterocycles. The zero-order chi connectivity index (χ0) is 13.2. The first-order valence-corrected chi connectivity index (χ1v) is 5.58. The predicted octanol–water partition coefficient (Wildman–Crippen LogP) is 0.973. The molecule has 0 aliphatic heterocycles. The van der Waals surface area contributed by atoms with Crippen LogP contribution in [0.4, 0.5) is 0 Å². The van der Waals surface area contributed by atoms with Crippen molar-refractivity contribution in [2.24, 2.45) is 0 Å². The van der Waals surface area contributed by atoms with Crippen molar-refractivity contribution in [3.63, 3.8) is 0 Å². The van der Waals surface area contributed by atoms with E-state index in [0.29, 0.717) is 5.82 Å². The molecule has 0 fully saturated rings. The van der Waals surface area contributed by atoms with E-state index in [-0.39, 0.29) is 6.54 Å². The molecule has 0 amide bonds. The zero-order valence-corrected chi connectivity index (χ0v) is 9.76. The van der Waals surface area contributed by atoms with Gasteiger partial charge in [-0.25, -0.2) is 4.68 Å². The molecule has 7 heteroatoms. The summed E-state index contributed by atoms with van der Waals surface area (Å²) in [4.78, 5) is 15.0. The fourth-order valence-corrected chi connectivity index (χ4v) is 1.92. The highest BCUT2D eigenvalue weighted by Crippen LogP contribution is 2.24. The van der Waals surface area contributed by atoms with Crippen molar-refractivity contribution >= 4 is 16.9 Å². The van der Waals surface area contributed by atoms with E-state index >= 15 is 0 Å². The standard InChI is InChI=1S/C12H9N5O2/c18-11(19)7-17-12(14-15-16-17)9-5-6-13-10-4-2-1-3-8(9)10/h1-6H,7H2,(H,18,19). The van der Waals surface area contributed by atoms with E-state index in [0.717, 1.165) is 16.5 Å². The van der Waals surface area contributed by atoms with E-state index in [1.807, 2.05) is 24.3 Å². The van der Waals surface area contributed by atoms with Gasteiger partial charge in [-0.15, -0.1) is 5.10 Å². The fourth-order valence-electron chi connectivity index (χ4n) is 1.92. The van der Waals surface area contributed by atoms with E-state index in [9.17, 15) is 4.79 Å². The number of hydrogen-bond donors (Lipinski definition) is 1. The summed E-state index contributed by atoms with van der Waals surface area (Å²) >= 11 is 0. The average molecular weight is 255 g/mol. The number of tetrazole rings is 1. The molecule has 3 aromatic rings. The molecule has 0 spiro atoms. The molecule has 2 heterocycles. The molecule has 19 heavy (non-hydrogen) atoms. The molecule has 0 saturated carbocycles. The first-order chi connectivity index (χ1) is 9.25. The second kappa shape index (κ2) is 4.45. The normalized spacial score (nSPS) is 10.7. The van der Waals surface area contributed by atoms with Crippen molar-refractivity contribution in [1.82, 2.24) is 25.2 Å². The minimum atomic E-state index is -0.994. The van der Waals surface area contributed by atoms with Gasteiger partial charge >= 0.3 is 5.97 Å². The number of aromatic nitrogens is 5. The molecule has 0 bridgehead atoms. The summed E-state index contributed by atoms with van der Waals surface area (Å²) in [6.45, 7) is -0.279. The maximum absolute atomic E-state index is 10.8. The van der Waals surface area contributed by atoms with Gasteiger partial charge in [0.15, 0.2) is 5.82 Å². The average Bonchev–Trinajstić information content (AvgIpc) is 2.85. The van der Waals surface area contributed by atoms with Crippen LogP contribution in [0.1, 0.15) is 0 Å². The van der Waals surface area contributed by atoms with Gasteiger partial charge < -0.3 is 5.11 Å². The Labute approximate surface area is 107 Å². The number of fused-ring (bicyclic) bond motifs is 1. The van der Waals surface area contributed by atoms with Crippen LogP contribution < -0.4 is 0 Å². The monoisotopic (exact) mass is 255 g/mol. The molecule has 0 aliphatic carbocycles. The van der Waals surface area contributed by atoms with Crippen LogP contribution in [0.25, 0.3) is 22.3 Å². The van der Waals surface area contributed by atoms with Gasteiger partial charge in [-0.3, -0.25) is 9.78 Å². The van der Waals surface area contributed by atoms with Gasteiger partial charge in [0.1, 0.15) is 6.54 Å². The molecule has 0 unspecified atom stereocenters. The largest absolute Gasteiger partial charge is 0.480 e. The van der Waals surface area contributed by atoms with Crippen molar-refractivity contribution in [2.75, 3.05) is 0 Å². The Morgan fingerprint density at radius 2 is 2.11 bits per heavy atom. The fraction of sp³-hybridized carbons (Fsp3) is 0.0833. The van der Waals surface area contributed by atoms with Crippen LogP contribution >= 0.6 is 0 Å². The molecule has 3 rings (SSSR count). The maximum atomic E-state index is 10.8. The molecule has 1 N–H and O–H groups in total. The number of aliphatic carboxylic acids is 1. The number of rotatable bonds is 3. The smallest absolute Gasteiger partial charge is 0.325 e. The van der Waals surface area contributed by atoms with Crippen molar-refractivity contribution in [3.05, 3.63) is 36.5 Å². The van der Waals surface area contributed by atoms with Crippen molar-refractivity contribution in [3.8, 4) is 11.4 Å². The van der Waals surface area contributed by atoms with Gasteiger partial charge in [-0.1, -0.05) is 18.2 Å². The highest BCUT2D eigenvalue weighted by Gasteiger charge is 2.14. The summed E-state index contributed by atoms with van der Waals surface area (Å²) in [6.07, 6.45) is 1.65. The highest BCUT2D eigenvalue weighted by atomic mass is 16.4. The summed E-state index contributed by atoms with van der Waals surface area (Å²) in [5.74, 6) is -0.576. The molecular formula is C12H9N5O2. The van der Waals surface area contributed by atoms with Gasteiger partial charge in [-0.2, -0.15) is 0 Å². The predicted molar refractivity (Wildman–Crippen MR) is 66.2 cm³/mol. The molecule has 7 nitrogen and oxygen atoms in total. The molecular weight excluding hydrogens is 246 g/mol. The van der Waals surface area contributed by atoms with E-state index < -0.39 is 5.97 Å². The third-order valence-electron chi connectivity index (χ3n) is 2.71. The lowest BCUT2D eigenvalue weighted by molar-refractivity contribution is -0.137. The summed E-state index contributed by atoms with van der Waals surface area (Å²) in [5, 5.41) is 20.9. The number of para-hydroxylation sites is 1. The van der Waals surface area contributed by atoms with E-state index in [2.05, 4.69) is 20.5 Å². The van der Waals surface area contributed by atoms with E-state index in [1.54, 1.807) is 12.3 Å². The minimum absolute atomic E-state index is 0.279. The molecule has 1 aromatic carbocycles. The third-order valence-corrected chi connectivity index (χ3v) is 2.71. The lowest BCUT2D eigenvalue weighted by Gasteiger charge is -2.05. The van der Waals surface area contributed by atoms with Crippen LogP contribution in [0, 0.1) is 0 Å². The number of nitrogens with zero attached hydrogens (tertiary/aromatic N) is 5. The topological polar surface area (TPSA) is 93.8 Å². The van der Waals surface area contributed by atoms with Gasteiger partial charge in [0.25, 0.3) is 0 Å². The molecule has 0 radical (unpaired) electrons. The second-order valence-electron chi connectivity index (χ2n) is 3.93. The Balaban J connectivity index is 2.20. The van der Waals surface area contributed by atoms with E-state index in [1.165, 1.54) is 4.68 Å².